The lowest BCUT2D eigenvalue weighted by atomic mass is 9.96. The lowest BCUT2D eigenvalue weighted by Gasteiger charge is -2.15. The van der Waals surface area contributed by atoms with Gasteiger partial charge < -0.3 is 13.7 Å². The Morgan fingerprint density at radius 3 is 0.700 bits per heavy atom. The average Bonchev–Trinajstić information content (AvgIpc) is 1.59. The number of pyridine rings is 2. The quantitative estimate of drug-likeness (QED) is 0.127. The van der Waals surface area contributed by atoms with Crippen LogP contribution in [0.15, 0.2) is 449 Å². The van der Waals surface area contributed by atoms with Crippen molar-refractivity contribution in [1.29, 1.82) is 10.5 Å². The maximum Gasteiger partial charge on any atom is 0.234 e. The van der Waals surface area contributed by atoms with Gasteiger partial charge in [-0.2, -0.15) is 10.5 Å². The molecule has 0 fully saturated rings. The highest BCUT2D eigenvalue weighted by atomic mass is 15.2. The van der Waals surface area contributed by atoms with E-state index in [2.05, 4.69) is 446 Å². The molecule has 0 radical (unpaired) electrons. The molecule has 0 atom stereocenters. The van der Waals surface area contributed by atoms with Crippen molar-refractivity contribution in [3.63, 3.8) is 0 Å². The zero-order valence-corrected chi connectivity index (χ0v) is 70.1. The Hall–Kier alpha value is -18.1. The van der Waals surface area contributed by atoms with Crippen LogP contribution in [-0.2, 0) is 0 Å². The van der Waals surface area contributed by atoms with Gasteiger partial charge in [0, 0.05) is 122 Å². The van der Waals surface area contributed by atoms with Crippen molar-refractivity contribution in [2.45, 2.75) is 0 Å². The summed E-state index contributed by atoms with van der Waals surface area (Å²) in [6.07, 6.45) is 3.84. The second kappa shape index (κ2) is 31.6. The molecule has 26 aromatic rings. The highest BCUT2D eigenvalue weighted by Crippen LogP contribution is 2.43. The first-order valence-electron chi connectivity index (χ1n) is 43.5. The van der Waals surface area contributed by atoms with Crippen LogP contribution in [-0.4, -0.2) is 47.3 Å². The van der Waals surface area contributed by atoms with Crippen LogP contribution < -0.4 is 0 Å². The van der Waals surface area contributed by atoms with Crippen LogP contribution in [0.3, 0.4) is 0 Å². The van der Waals surface area contributed by atoms with Gasteiger partial charge in [0.05, 0.1) is 101 Å². The number of nitrogens with zero attached hydrogens (tertiary/aromatic N) is 12. The van der Waals surface area contributed by atoms with Gasteiger partial charge in [0.15, 0.2) is 0 Å². The lowest BCUT2D eigenvalue weighted by Crippen LogP contribution is -2.01. The monoisotopic (exact) mass is 1660 g/mol. The van der Waals surface area contributed by atoms with E-state index in [1.165, 1.54) is 75.9 Å². The van der Waals surface area contributed by atoms with E-state index in [1.54, 1.807) is 6.07 Å². The van der Waals surface area contributed by atoms with Gasteiger partial charge in [-0.25, -0.2) is 19.9 Å². The summed E-state index contributed by atoms with van der Waals surface area (Å²) in [6.45, 7) is 0. The van der Waals surface area contributed by atoms with Crippen LogP contribution in [0, 0.1) is 22.7 Å². The molecule has 0 aliphatic rings. The number of nitriles is 2. The van der Waals surface area contributed by atoms with Gasteiger partial charge >= 0.3 is 0 Å². The summed E-state index contributed by atoms with van der Waals surface area (Å²) in [5.74, 6) is 2.34. The van der Waals surface area contributed by atoms with Crippen molar-refractivity contribution in [3.8, 4) is 103 Å². The standard InChI is InChI=1S/C43H25N5.C41H27N3.C34H22N4/c44-26-28-23-29(27-45)25-31(24-28)43-33(21-22-42(46-43)48-40-15-7-3-11-36(40)37-12-4-8-16-41(37)48)30-17-19-32(20-18-30)47-38-13-5-1-9-34(38)35-10-2-6-14-39(35)47;1-2-12-29(13-3-1)41-31(26-27-40(42-41)44-38-20-10-6-16-34(38)35-17-7-11-21-39(35)44)28-22-24-30(25-23-28)43-36-18-8-4-14-32(36)33-15-5-9-19-37(33)43;1-5-13-30-26(9-1)27-10-2-6-14-31(27)37(30)25-19-17-23(18-20-25)24-21-35-34(36-22-24)38-32-15-7-3-11-28(32)29-12-4-8-16-33(29)38/h1-25H;1-27H;1-22H. The minimum absolute atomic E-state index is 0.417. The van der Waals surface area contributed by atoms with Crippen molar-refractivity contribution in [3.05, 3.63) is 460 Å². The fourth-order valence-electron chi connectivity index (χ4n) is 19.6. The fraction of sp³-hybridized carbons (Fsp3) is 0. The van der Waals surface area contributed by atoms with E-state index in [-0.39, 0.29) is 0 Å². The third-order valence-electron chi connectivity index (χ3n) is 25.4. The molecule has 26 rings (SSSR count). The second-order valence-electron chi connectivity index (χ2n) is 32.7. The number of para-hydroxylation sites is 12. The number of hydrogen-bond acceptors (Lipinski definition) is 6. The van der Waals surface area contributed by atoms with Crippen LogP contribution in [0.1, 0.15) is 11.1 Å². The van der Waals surface area contributed by atoms with Crippen molar-refractivity contribution in [1.82, 2.24) is 47.3 Å². The largest absolute Gasteiger partial charge is 0.309 e. The van der Waals surface area contributed by atoms with Crippen LogP contribution in [0.5, 0.6) is 0 Å². The second-order valence-corrected chi connectivity index (χ2v) is 32.7. The van der Waals surface area contributed by atoms with Crippen LogP contribution in [0.4, 0.5) is 0 Å². The Labute approximate surface area is 746 Å². The van der Waals surface area contributed by atoms with Crippen LogP contribution in [0.25, 0.3) is 221 Å². The summed E-state index contributed by atoms with van der Waals surface area (Å²) < 4.78 is 13.6. The third-order valence-corrected chi connectivity index (χ3v) is 25.4. The van der Waals surface area contributed by atoms with Gasteiger partial charge in [0.1, 0.15) is 11.6 Å². The number of aromatic nitrogens is 10. The minimum Gasteiger partial charge on any atom is -0.309 e. The van der Waals surface area contributed by atoms with Gasteiger partial charge in [-0.05, 0) is 168 Å². The van der Waals surface area contributed by atoms with Gasteiger partial charge in [-0.15, -0.1) is 0 Å². The molecule has 0 aliphatic carbocycles. The van der Waals surface area contributed by atoms with Gasteiger partial charge in [-0.1, -0.05) is 285 Å². The van der Waals surface area contributed by atoms with E-state index < -0.39 is 0 Å². The molecule has 130 heavy (non-hydrogen) atoms. The highest BCUT2D eigenvalue weighted by Gasteiger charge is 2.24. The molecule has 17 aromatic carbocycles. The molecular formula is C118H74N12. The van der Waals surface area contributed by atoms with Gasteiger partial charge in [0.2, 0.25) is 5.95 Å². The number of fused-ring (bicyclic) bond motifs is 18. The number of hydrogen-bond donors (Lipinski definition) is 0. The Morgan fingerprint density at radius 2 is 0.423 bits per heavy atom. The maximum atomic E-state index is 9.84. The molecular weight excluding hydrogens is 1590 g/mol. The first-order chi connectivity index (χ1) is 64.4. The summed E-state index contributed by atoms with van der Waals surface area (Å²) in [5, 5.41) is 34.4. The summed E-state index contributed by atoms with van der Waals surface area (Å²) in [5.41, 5.74) is 27.7. The molecule has 0 amide bonds. The molecule has 0 unspecified atom stereocenters. The molecule has 0 saturated carbocycles. The molecule has 0 aliphatic heterocycles. The summed E-state index contributed by atoms with van der Waals surface area (Å²) >= 11 is 0. The topological polar surface area (TPSA) is 129 Å². The first-order valence-corrected chi connectivity index (χ1v) is 43.5. The van der Waals surface area contributed by atoms with Crippen molar-refractivity contribution >= 4 is 131 Å². The molecule has 0 spiro atoms. The third kappa shape index (κ3) is 12.7. The molecule has 12 heteroatoms. The Bertz CT molecular complexity index is 8560. The Kier molecular flexibility index (Phi) is 18.4. The van der Waals surface area contributed by atoms with E-state index in [0.29, 0.717) is 22.8 Å². The predicted molar refractivity (Wildman–Crippen MR) is 533 cm³/mol. The van der Waals surface area contributed by atoms with E-state index in [0.717, 1.165) is 134 Å². The summed E-state index contributed by atoms with van der Waals surface area (Å²) in [6, 6.07) is 157. The van der Waals surface area contributed by atoms with E-state index in [1.807, 2.05) is 36.7 Å². The Balaban J connectivity index is 0.000000109. The molecule has 0 bridgehead atoms. The first kappa shape index (κ1) is 75.6. The van der Waals surface area contributed by atoms with Crippen LogP contribution in [0.2, 0.25) is 0 Å². The average molecular weight is 1660 g/mol. The fourth-order valence-corrected chi connectivity index (χ4v) is 19.6. The van der Waals surface area contributed by atoms with E-state index in [4.69, 9.17) is 19.9 Å². The summed E-state index contributed by atoms with van der Waals surface area (Å²) in [4.78, 5) is 20.3. The summed E-state index contributed by atoms with van der Waals surface area (Å²) in [7, 11) is 0. The normalized spacial score (nSPS) is 11.5. The van der Waals surface area contributed by atoms with Gasteiger partial charge in [-0.3, -0.25) is 13.7 Å². The van der Waals surface area contributed by atoms with Gasteiger partial charge in [0.25, 0.3) is 0 Å². The van der Waals surface area contributed by atoms with Crippen molar-refractivity contribution in [2.75, 3.05) is 0 Å². The van der Waals surface area contributed by atoms with Crippen LogP contribution >= 0.6 is 0 Å². The minimum atomic E-state index is 0.417. The highest BCUT2D eigenvalue weighted by molar-refractivity contribution is 6.14. The molecule has 9 heterocycles. The van der Waals surface area contributed by atoms with Crippen molar-refractivity contribution in [2.24, 2.45) is 0 Å². The van der Waals surface area contributed by atoms with E-state index >= 15 is 0 Å². The smallest absolute Gasteiger partial charge is 0.234 e. The molecule has 0 N–H and O–H groups in total. The Morgan fingerprint density at radius 1 is 0.185 bits per heavy atom. The SMILES string of the molecule is N#Cc1cc(C#N)cc(-c2nc(-n3c4ccccc4c4ccccc43)ccc2-c2ccc(-n3c4ccccc4c4ccccc43)cc2)c1.c1ccc(-c2nc(-n3c4ccccc4c4ccccc43)ccc2-c2ccc(-n3c4ccccc4c4ccccc43)cc2)cc1.c1ccc2c(c1)c1ccccc1n2-c1ccc(-c2cnc(-n3c4ccccc4c4ccccc43)nc2)cc1. The molecule has 606 valence electrons. The maximum absolute atomic E-state index is 9.84. The predicted octanol–water partition coefficient (Wildman–Crippen LogP) is 29.3. The molecule has 12 nitrogen and oxygen atoms in total. The van der Waals surface area contributed by atoms with Crippen molar-refractivity contribution < 1.29 is 0 Å². The van der Waals surface area contributed by atoms with E-state index in [9.17, 15) is 10.5 Å². The lowest BCUT2D eigenvalue weighted by molar-refractivity contribution is 0.990. The zero-order valence-electron chi connectivity index (χ0n) is 70.1. The molecule has 0 saturated heterocycles. The number of rotatable bonds is 11. The number of benzene rings is 17. The zero-order chi connectivity index (χ0) is 86.3. The molecule has 9 aromatic heterocycles.